The third-order valence-electron chi connectivity index (χ3n) is 6.06. The van der Waals surface area contributed by atoms with Gasteiger partial charge in [0.05, 0.1) is 0 Å². The van der Waals surface area contributed by atoms with E-state index in [0.717, 1.165) is 44.9 Å². The second-order valence-corrected chi connectivity index (χ2v) is 7.71. The summed E-state index contributed by atoms with van der Waals surface area (Å²) in [6.45, 7) is 4.89. The minimum absolute atomic E-state index is 0.390. The van der Waals surface area contributed by atoms with Gasteiger partial charge in [-0.3, -0.25) is 4.99 Å². The SMILES string of the molecule is CCc1cccc2c(CCNC(=NC)NCC3(CCOC)CCC3)c[nH]c12. The van der Waals surface area contributed by atoms with Gasteiger partial charge < -0.3 is 20.4 Å². The molecule has 1 fully saturated rings. The van der Waals surface area contributed by atoms with Crippen LogP contribution < -0.4 is 10.6 Å². The Bertz CT molecular complexity index is 761. The highest BCUT2D eigenvalue weighted by molar-refractivity contribution is 5.86. The Morgan fingerprint density at radius 1 is 1.26 bits per heavy atom. The van der Waals surface area contributed by atoms with Gasteiger partial charge in [-0.05, 0) is 48.6 Å². The number of aliphatic imine (C=N–C) groups is 1. The zero-order chi connectivity index (χ0) is 19.1. The minimum Gasteiger partial charge on any atom is -0.385 e. The van der Waals surface area contributed by atoms with Gasteiger partial charge in [-0.25, -0.2) is 0 Å². The Kier molecular flexibility index (Phi) is 6.78. The van der Waals surface area contributed by atoms with Gasteiger partial charge in [0, 0.05) is 51.0 Å². The molecule has 148 valence electrons. The quantitative estimate of drug-likeness (QED) is 0.466. The molecule has 3 N–H and O–H groups in total. The Morgan fingerprint density at radius 3 is 2.78 bits per heavy atom. The fourth-order valence-corrected chi connectivity index (χ4v) is 4.09. The zero-order valence-corrected chi connectivity index (χ0v) is 17.0. The number of aromatic amines is 1. The van der Waals surface area contributed by atoms with Gasteiger partial charge in [0.1, 0.15) is 0 Å². The number of benzene rings is 1. The fraction of sp³-hybridized carbons (Fsp3) is 0.591. The van der Waals surface area contributed by atoms with E-state index in [-0.39, 0.29) is 0 Å². The van der Waals surface area contributed by atoms with Crippen LogP contribution in [-0.4, -0.2) is 44.8 Å². The van der Waals surface area contributed by atoms with Crippen molar-refractivity contribution in [3.8, 4) is 0 Å². The summed E-state index contributed by atoms with van der Waals surface area (Å²) >= 11 is 0. The van der Waals surface area contributed by atoms with Crippen LogP contribution in [0.4, 0.5) is 0 Å². The Balaban J connectivity index is 1.50. The Labute approximate surface area is 163 Å². The van der Waals surface area contributed by atoms with E-state index in [2.05, 4.69) is 51.9 Å². The van der Waals surface area contributed by atoms with Crippen LogP contribution in [0.25, 0.3) is 10.9 Å². The average molecular weight is 371 g/mol. The number of hydrogen-bond donors (Lipinski definition) is 3. The first-order valence-electron chi connectivity index (χ1n) is 10.2. The van der Waals surface area contributed by atoms with Gasteiger partial charge in [-0.2, -0.15) is 0 Å². The van der Waals surface area contributed by atoms with Crippen LogP contribution in [0.15, 0.2) is 29.4 Å². The smallest absolute Gasteiger partial charge is 0.191 e. The Hall–Kier alpha value is -2.01. The number of aromatic nitrogens is 1. The molecular weight excluding hydrogens is 336 g/mol. The molecule has 0 amide bonds. The summed E-state index contributed by atoms with van der Waals surface area (Å²) in [7, 11) is 3.63. The first-order valence-corrected chi connectivity index (χ1v) is 10.2. The molecule has 1 aromatic heterocycles. The van der Waals surface area contributed by atoms with Gasteiger partial charge in [-0.1, -0.05) is 31.5 Å². The lowest BCUT2D eigenvalue weighted by Crippen LogP contribution is -2.47. The van der Waals surface area contributed by atoms with Crippen molar-refractivity contribution in [2.45, 2.75) is 45.4 Å². The van der Waals surface area contributed by atoms with Gasteiger partial charge in [0.25, 0.3) is 0 Å². The first kappa shape index (κ1) is 19.7. The van der Waals surface area contributed by atoms with Crippen LogP contribution in [0.5, 0.6) is 0 Å². The molecule has 0 radical (unpaired) electrons. The van der Waals surface area contributed by atoms with Crippen molar-refractivity contribution in [3.63, 3.8) is 0 Å². The summed E-state index contributed by atoms with van der Waals surface area (Å²) < 4.78 is 5.29. The molecule has 1 aliphatic rings. The lowest BCUT2D eigenvalue weighted by Gasteiger charge is -2.42. The van der Waals surface area contributed by atoms with Crippen molar-refractivity contribution < 1.29 is 4.74 Å². The van der Waals surface area contributed by atoms with E-state index >= 15 is 0 Å². The summed E-state index contributed by atoms with van der Waals surface area (Å²) in [6, 6.07) is 6.57. The number of nitrogens with one attached hydrogen (secondary N) is 3. The fourth-order valence-electron chi connectivity index (χ4n) is 4.09. The molecule has 1 saturated carbocycles. The van der Waals surface area contributed by atoms with E-state index in [1.54, 1.807) is 7.11 Å². The van der Waals surface area contributed by atoms with Crippen LogP contribution in [-0.2, 0) is 17.6 Å². The van der Waals surface area contributed by atoms with E-state index in [1.807, 2.05) is 7.05 Å². The molecule has 0 aliphatic heterocycles. The highest BCUT2D eigenvalue weighted by Crippen LogP contribution is 2.43. The number of hydrogen-bond acceptors (Lipinski definition) is 2. The summed E-state index contributed by atoms with van der Waals surface area (Å²) in [5.74, 6) is 0.896. The second kappa shape index (κ2) is 9.27. The number of rotatable bonds is 9. The second-order valence-electron chi connectivity index (χ2n) is 7.71. The molecule has 0 atom stereocenters. The van der Waals surface area contributed by atoms with Gasteiger partial charge in [0.15, 0.2) is 5.96 Å². The predicted molar refractivity (Wildman–Crippen MR) is 114 cm³/mol. The normalized spacial score (nSPS) is 16.3. The number of fused-ring (bicyclic) bond motifs is 1. The van der Waals surface area contributed by atoms with Crippen LogP contribution in [0.3, 0.4) is 0 Å². The first-order chi connectivity index (χ1) is 13.2. The summed E-state index contributed by atoms with van der Waals surface area (Å²) in [5, 5.41) is 8.34. The molecule has 27 heavy (non-hydrogen) atoms. The molecule has 3 rings (SSSR count). The van der Waals surface area contributed by atoms with Crippen molar-refractivity contribution >= 4 is 16.9 Å². The number of H-pyrrole nitrogens is 1. The number of guanidine groups is 1. The maximum absolute atomic E-state index is 5.29. The molecule has 1 aromatic carbocycles. The number of methoxy groups -OCH3 is 1. The number of para-hydroxylation sites is 1. The highest BCUT2D eigenvalue weighted by atomic mass is 16.5. The topological polar surface area (TPSA) is 61.4 Å². The summed E-state index contributed by atoms with van der Waals surface area (Å²) in [6.07, 6.45) is 9.21. The van der Waals surface area contributed by atoms with Crippen molar-refractivity contribution in [2.24, 2.45) is 10.4 Å². The largest absolute Gasteiger partial charge is 0.385 e. The summed E-state index contributed by atoms with van der Waals surface area (Å²) in [5.41, 5.74) is 4.41. The molecule has 5 heteroatoms. The lowest BCUT2D eigenvalue weighted by molar-refractivity contribution is 0.0732. The van der Waals surface area contributed by atoms with E-state index in [0.29, 0.717) is 5.41 Å². The molecule has 0 spiro atoms. The van der Waals surface area contributed by atoms with Crippen LogP contribution in [0, 0.1) is 5.41 Å². The third-order valence-corrected chi connectivity index (χ3v) is 6.06. The standard InChI is InChI=1S/C22H34N4O/c1-4-17-7-5-8-19-18(15-25-20(17)19)9-13-24-21(23-2)26-16-22(10-6-11-22)12-14-27-3/h5,7-8,15,25H,4,6,9-14,16H2,1-3H3,(H2,23,24,26). The number of ether oxygens (including phenoxy) is 1. The molecule has 0 bridgehead atoms. The van der Waals surface area contributed by atoms with Crippen molar-refractivity contribution in [3.05, 3.63) is 35.5 Å². The molecule has 2 aromatic rings. The number of aryl methyl sites for hydroxylation is 1. The van der Waals surface area contributed by atoms with E-state index < -0.39 is 0 Å². The van der Waals surface area contributed by atoms with E-state index in [9.17, 15) is 0 Å². The average Bonchev–Trinajstić information content (AvgIpc) is 3.08. The molecular formula is C22H34N4O. The Morgan fingerprint density at radius 2 is 2.11 bits per heavy atom. The highest BCUT2D eigenvalue weighted by Gasteiger charge is 2.36. The molecule has 0 unspecified atom stereocenters. The molecule has 5 nitrogen and oxygen atoms in total. The van der Waals surface area contributed by atoms with Crippen molar-refractivity contribution in [1.29, 1.82) is 0 Å². The van der Waals surface area contributed by atoms with E-state index in [1.165, 1.54) is 41.3 Å². The number of nitrogens with zero attached hydrogens (tertiary/aromatic N) is 1. The van der Waals surface area contributed by atoms with E-state index in [4.69, 9.17) is 4.74 Å². The summed E-state index contributed by atoms with van der Waals surface area (Å²) in [4.78, 5) is 7.85. The van der Waals surface area contributed by atoms with Crippen molar-refractivity contribution in [2.75, 3.05) is 33.9 Å². The van der Waals surface area contributed by atoms with Crippen LogP contribution in [0.1, 0.15) is 43.7 Å². The van der Waals surface area contributed by atoms with Crippen LogP contribution in [0.2, 0.25) is 0 Å². The minimum atomic E-state index is 0.390. The van der Waals surface area contributed by atoms with Gasteiger partial charge in [0.2, 0.25) is 0 Å². The predicted octanol–water partition coefficient (Wildman–Crippen LogP) is 3.64. The third kappa shape index (κ3) is 4.64. The zero-order valence-electron chi connectivity index (χ0n) is 17.0. The van der Waals surface area contributed by atoms with Gasteiger partial charge >= 0.3 is 0 Å². The monoisotopic (exact) mass is 370 g/mol. The molecule has 1 heterocycles. The maximum atomic E-state index is 5.29. The molecule has 1 aliphatic carbocycles. The maximum Gasteiger partial charge on any atom is 0.191 e. The van der Waals surface area contributed by atoms with Gasteiger partial charge in [-0.15, -0.1) is 0 Å². The lowest BCUT2D eigenvalue weighted by atomic mass is 9.67. The van der Waals surface area contributed by atoms with Crippen LogP contribution >= 0.6 is 0 Å². The van der Waals surface area contributed by atoms with Crippen molar-refractivity contribution in [1.82, 2.24) is 15.6 Å². The molecule has 0 saturated heterocycles.